The summed E-state index contributed by atoms with van der Waals surface area (Å²) >= 11 is 6.19. The average Bonchev–Trinajstić information content (AvgIpc) is 3.05. The molecule has 1 heterocycles. The third-order valence-corrected chi connectivity index (χ3v) is 4.39. The minimum absolute atomic E-state index is 0.0218. The summed E-state index contributed by atoms with van der Waals surface area (Å²) in [7, 11) is 3.09. The van der Waals surface area contributed by atoms with Gasteiger partial charge in [-0.1, -0.05) is 29.8 Å². The Morgan fingerprint density at radius 1 is 1.16 bits per heavy atom. The second-order valence-corrected chi connectivity index (χ2v) is 6.07. The van der Waals surface area contributed by atoms with Crippen LogP contribution in [0.2, 0.25) is 5.02 Å². The number of Topliss-reactive ketones (excluding diaryl/α,β-unsaturated/α-hetero) is 1. The number of hydrogen-bond donors (Lipinski definition) is 2. The Morgan fingerprint density at radius 3 is 2.60 bits per heavy atom. The first-order valence-electron chi connectivity index (χ1n) is 7.83. The summed E-state index contributed by atoms with van der Waals surface area (Å²) in [4.78, 5) is 16.0. The van der Waals surface area contributed by atoms with E-state index in [1.807, 2.05) is 31.2 Å². The molecule has 0 bridgehead atoms. The van der Waals surface area contributed by atoms with Crippen molar-refractivity contribution < 1.29 is 14.3 Å². The van der Waals surface area contributed by atoms with E-state index in [4.69, 9.17) is 21.1 Å². The topological polar surface area (TPSA) is 63.4 Å². The Kier molecular flexibility index (Phi) is 4.86. The van der Waals surface area contributed by atoms with Crippen LogP contribution in [-0.4, -0.2) is 31.0 Å². The quantitative estimate of drug-likeness (QED) is 0.636. The molecule has 5 nitrogen and oxygen atoms in total. The molecule has 3 aromatic rings. The Morgan fingerprint density at radius 2 is 1.88 bits per heavy atom. The molecule has 0 amide bonds. The van der Waals surface area contributed by atoms with Gasteiger partial charge in [-0.15, -0.1) is 0 Å². The van der Waals surface area contributed by atoms with Gasteiger partial charge in [0.1, 0.15) is 11.5 Å². The number of nitrogens with one attached hydrogen (secondary N) is 2. The lowest BCUT2D eigenvalue weighted by atomic mass is 10.0. The smallest absolute Gasteiger partial charge is 0.186 e. The Hall–Kier alpha value is -2.66. The highest BCUT2D eigenvalue weighted by atomic mass is 35.5. The first-order valence-corrected chi connectivity index (χ1v) is 8.21. The number of rotatable bonds is 6. The lowest BCUT2D eigenvalue weighted by Gasteiger charge is -2.18. The number of H-pyrrole nitrogens is 1. The van der Waals surface area contributed by atoms with E-state index in [2.05, 4.69) is 10.3 Å². The van der Waals surface area contributed by atoms with Crippen molar-refractivity contribution in [2.45, 2.75) is 13.0 Å². The van der Waals surface area contributed by atoms with E-state index in [9.17, 15) is 4.79 Å². The number of para-hydroxylation sites is 1. The van der Waals surface area contributed by atoms with Crippen molar-refractivity contribution in [3.05, 3.63) is 53.2 Å². The van der Waals surface area contributed by atoms with Gasteiger partial charge < -0.3 is 19.8 Å². The molecule has 0 aliphatic heterocycles. The van der Waals surface area contributed by atoms with Gasteiger partial charge in [-0.2, -0.15) is 0 Å². The first kappa shape index (κ1) is 17.2. The van der Waals surface area contributed by atoms with Crippen LogP contribution in [0.4, 0.5) is 5.69 Å². The zero-order chi connectivity index (χ0) is 18.0. The fourth-order valence-electron chi connectivity index (χ4n) is 2.78. The number of carbonyl (C=O) groups is 1. The average molecular weight is 359 g/mol. The van der Waals surface area contributed by atoms with Crippen molar-refractivity contribution >= 4 is 34.0 Å². The SMILES string of the molecule is COc1cc(OC)c(N[C@@H](C)C(=O)c2c[nH]c3ccccc23)cc1Cl. The zero-order valence-electron chi connectivity index (χ0n) is 14.2. The van der Waals surface area contributed by atoms with E-state index in [0.717, 1.165) is 10.9 Å². The van der Waals surface area contributed by atoms with E-state index in [1.54, 1.807) is 25.4 Å². The first-order chi connectivity index (χ1) is 12.0. The van der Waals surface area contributed by atoms with Crippen LogP contribution in [0.1, 0.15) is 17.3 Å². The summed E-state index contributed by atoms with van der Waals surface area (Å²) in [6.45, 7) is 1.81. The van der Waals surface area contributed by atoms with E-state index >= 15 is 0 Å². The van der Waals surface area contributed by atoms with Crippen LogP contribution in [0.15, 0.2) is 42.6 Å². The van der Waals surface area contributed by atoms with E-state index < -0.39 is 6.04 Å². The largest absolute Gasteiger partial charge is 0.495 e. The maximum atomic E-state index is 12.9. The minimum Gasteiger partial charge on any atom is -0.495 e. The molecule has 1 aromatic heterocycles. The Labute approximate surface area is 150 Å². The second-order valence-electron chi connectivity index (χ2n) is 5.67. The predicted molar refractivity (Wildman–Crippen MR) is 100 cm³/mol. The number of ether oxygens (including phenoxy) is 2. The van der Waals surface area contributed by atoms with E-state index in [-0.39, 0.29) is 5.78 Å². The highest BCUT2D eigenvalue weighted by molar-refractivity contribution is 6.32. The van der Waals surface area contributed by atoms with Crippen LogP contribution in [0.25, 0.3) is 10.9 Å². The summed E-state index contributed by atoms with van der Waals surface area (Å²) in [5.74, 6) is 1.05. The molecule has 0 fully saturated rings. The lowest BCUT2D eigenvalue weighted by Crippen LogP contribution is -2.26. The van der Waals surface area contributed by atoms with Gasteiger partial charge in [0.2, 0.25) is 0 Å². The molecule has 0 radical (unpaired) electrons. The third-order valence-electron chi connectivity index (χ3n) is 4.09. The molecule has 6 heteroatoms. The normalized spacial score (nSPS) is 12.0. The van der Waals surface area contributed by atoms with E-state index in [1.165, 1.54) is 7.11 Å². The molecule has 25 heavy (non-hydrogen) atoms. The number of fused-ring (bicyclic) bond motifs is 1. The predicted octanol–water partition coefficient (Wildman–Crippen LogP) is 4.52. The van der Waals surface area contributed by atoms with Gasteiger partial charge >= 0.3 is 0 Å². The van der Waals surface area contributed by atoms with Gasteiger partial charge in [0.25, 0.3) is 0 Å². The minimum atomic E-state index is -0.461. The summed E-state index contributed by atoms with van der Waals surface area (Å²) in [5.41, 5.74) is 2.21. The molecule has 2 aromatic carbocycles. The van der Waals surface area contributed by atoms with Crippen LogP contribution in [0, 0.1) is 0 Å². The van der Waals surface area contributed by atoms with Gasteiger partial charge in [-0.3, -0.25) is 4.79 Å². The monoisotopic (exact) mass is 358 g/mol. The number of aromatic nitrogens is 1. The van der Waals surface area contributed by atoms with Crippen molar-refractivity contribution in [3.8, 4) is 11.5 Å². The van der Waals surface area contributed by atoms with Crippen LogP contribution in [0.3, 0.4) is 0 Å². The summed E-state index contributed by atoms with van der Waals surface area (Å²) in [5, 5.41) is 4.52. The number of benzene rings is 2. The van der Waals surface area contributed by atoms with Gasteiger partial charge in [0.05, 0.1) is 31.0 Å². The summed E-state index contributed by atoms with van der Waals surface area (Å²) < 4.78 is 10.6. The van der Waals surface area contributed by atoms with Crippen molar-refractivity contribution in [3.63, 3.8) is 0 Å². The molecule has 0 saturated heterocycles. The van der Waals surface area contributed by atoms with Crippen molar-refractivity contribution in [1.82, 2.24) is 4.98 Å². The van der Waals surface area contributed by atoms with Gasteiger partial charge in [0.15, 0.2) is 5.78 Å². The number of aromatic amines is 1. The summed E-state index contributed by atoms with van der Waals surface area (Å²) in [6.07, 6.45) is 1.74. The van der Waals surface area contributed by atoms with Gasteiger partial charge in [0, 0.05) is 28.7 Å². The maximum Gasteiger partial charge on any atom is 0.186 e. The molecule has 3 rings (SSSR count). The number of anilines is 1. The highest BCUT2D eigenvalue weighted by Gasteiger charge is 2.20. The molecule has 0 saturated carbocycles. The molecular formula is C19H19ClN2O3. The van der Waals surface area contributed by atoms with E-state index in [0.29, 0.717) is 27.8 Å². The number of ketones is 1. The summed E-state index contributed by atoms with van der Waals surface area (Å²) in [6, 6.07) is 10.6. The number of hydrogen-bond acceptors (Lipinski definition) is 4. The third kappa shape index (κ3) is 3.28. The fourth-order valence-corrected chi connectivity index (χ4v) is 3.02. The Bertz CT molecular complexity index is 920. The number of methoxy groups -OCH3 is 2. The molecule has 0 spiro atoms. The van der Waals surface area contributed by atoms with Crippen LogP contribution < -0.4 is 14.8 Å². The van der Waals surface area contributed by atoms with Crippen molar-refractivity contribution in [2.75, 3.05) is 19.5 Å². The van der Waals surface area contributed by atoms with Gasteiger partial charge in [-0.25, -0.2) is 0 Å². The standard InChI is InChI=1S/C19H19ClN2O3/c1-11(19(23)13-10-21-15-7-5-4-6-12(13)15)22-16-8-14(20)17(24-2)9-18(16)25-3/h4-11,21-22H,1-3H3/t11-/m0/s1. The van der Waals surface area contributed by atoms with Crippen molar-refractivity contribution in [2.24, 2.45) is 0 Å². The maximum absolute atomic E-state index is 12.9. The molecule has 0 aliphatic carbocycles. The number of carbonyl (C=O) groups excluding carboxylic acids is 1. The fraction of sp³-hybridized carbons (Fsp3) is 0.211. The Balaban J connectivity index is 1.88. The number of halogens is 1. The second kappa shape index (κ2) is 7.07. The van der Waals surface area contributed by atoms with Crippen LogP contribution in [-0.2, 0) is 0 Å². The molecule has 0 aliphatic rings. The molecule has 0 unspecified atom stereocenters. The molecular weight excluding hydrogens is 340 g/mol. The highest BCUT2D eigenvalue weighted by Crippen LogP contribution is 2.36. The zero-order valence-corrected chi connectivity index (χ0v) is 15.0. The lowest BCUT2D eigenvalue weighted by molar-refractivity contribution is 0.0977. The van der Waals surface area contributed by atoms with Crippen molar-refractivity contribution in [1.29, 1.82) is 0 Å². The molecule has 130 valence electrons. The van der Waals surface area contributed by atoms with Crippen LogP contribution >= 0.6 is 11.6 Å². The van der Waals surface area contributed by atoms with Gasteiger partial charge in [-0.05, 0) is 19.1 Å². The molecule has 2 N–H and O–H groups in total. The molecule has 1 atom stereocenters. The van der Waals surface area contributed by atoms with Crippen LogP contribution in [0.5, 0.6) is 11.5 Å².